The highest BCUT2D eigenvalue weighted by atomic mass is 35.5. The van der Waals surface area contributed by atoms with E-state index >= 15 is 14.4 Å². The number of aliphatic imine (C=N–C) groups is 1. The van der Waals surface area contributed by atoms with Crippen molar-refractivity contribution in [1.29, 1.82) is 0 Å². The number of hydrogen-bond donors (Lipinski definition) is 15. The van der Waals surface area contributed by atoms with E-state index in [4.69, 9.17) is 28.8 Å². The van der Waals surface area contributed by atoms with Crippen molar-refractivity contribution in [3.8, 4) is 0 Å². The third-order valence-corrected chi connectivity index (χ3v) is 16.7. The number of nitrogens with two attached hydrogens (primary N) is 3. The van der Waals surface area contributed by atoms with Crippen LogP contribution in [0.3, 0.4) is 0 Å². The second kappa shape index (κ2) is 37.9. The summed E-state index contributed by atoms with van der Waals surface area (Å²) in [6, 6.07) is 1.12. The predicted octanol–water partition coefficient (Wildman–Crippen LogP) is -3.56. The van der Waals surface area contributed by atoms with E-state index in [1.807, 2.05) is 0 Å². The number of benzene rings is 2. The molecule has 33 heteroatoms. The van der Waals surface area contributed by atoms with E-state index in [1.54, 1.807) is 87.5 Å². The molecule has 3 aliphatic rings. The standard InChI is InChI=1S/C65H89ClN18O14/c1-5-41(74-36(4)85)56(90)80-47(30-38-17-19-40(66)20-18-38)60(94)81-48(31-39-14-9-24-70-33-39)61(95)82-49-32-53(87)73-34-50(54(67)88)83-63(97)51-16-11-27-84(51)64(98)44-23-26-71-55(89)46(29-37-12-7-6-8-13-37)75-52(86)22-21-43(77-62(49)96)58(92)76-42(15-10-25-72-65(68)69)57(91)79-45(28-35(2)3)59(93)78-44/h6-9,12-14,17-20,24,33,35,41-51H,5,10-11,15-16,21-23,25-32,34H2,1-4H3,(H2,67,88)(H,71,89)(H,73,87)(H,74,85)(H,75,86)(H,76,92)(H,77,96)(H,78,93)(H,79,91)(H,80,90)(H,81,94)(H,82,95)(H,83,97)(H4,68,69,72)/t41-,42-,43-,44?,45+,46-,47-,48-,49-,50?,51-/m0/s1. The molecular weight excluding hydrogens is 1290 g/mol. The third-order valence-electron chi connectivity index (χ3n) is 16.4. The summed E-state index contributed by atoms with van der Waals surface area (Å²) in [6.45, 7) is 5.25. The smallest absolute Gasteiger partial charge is 0.245 e. The van der Waals surface area contributed by atoms with Gasteiger partial charge in [0.15, 0.2) is 5.96 Å². The summed E-state index contributed by atoms with van der Waals surface area (Å²) in [7, 11) is 0. The molecule has 2 aromatic carbocycles. The molecule has 6 rings (SSSR count). The van der Waals surface area contributed by atoms with Gasteiger partial charge in [0.25, 0.3) is 0 Å². The molecule has 0 spiro atoms. The molecule has 14 amide bonds. The Labute approximate surface area is 571 Å². The molecule has 0 radical (unpaired) electrons. The molecule has 3 saturated heterocycles. The Kier molecular flexibility index (Phi) is 29.7. The highest BCUT2D eigenvalue weighted by Crippen LogP contribution is 2.21. The van der Waals surface area contributed by atoms with Crippen LogP contribution in [0.4, 0.5) is 0 Å². The van der Waals surface area contributed by atoms with Crippen molar-refractivity contribution in [2.45, 2.75) is 178 Å². The predicted molar refractivity (Wildman–Crippen MR) is 356 cm³/mol. The van der Waals surface area contributed by atoms with Crippen LogP contribution < -0.4 is 81.0 Å². The minimum Gasteiger partial charge on any atom is -0.370 e. The lowest BCUT2D eigenvalue weighted by molar-refractivity contribution is -0.142. The first-order valence-corrected chi connectivity index (χ1v) is 32.9. The highest BCUT2D eigenvalue weighted by Gasteiger charge is 2.41. The lowest BCUT2D eigenvalue weighted by Gasteiger charge is -2.31. The number of rotatable bonds is 21. The molecule has 4 heterocycles. The van der Waals surface area contributed by atoms with Crippen LogP contribution >= 0.6 is 11.6 Å². The summed E-state index contributed by atoms with van der Waals surface area (Å²) in [5.74, 6) is -13.6. The third kappa shape index (κ3) is 24.4. The number of amides is 14. The molecular formula is C65H89ClN18O14. The lowest BCUT2D eigenvalue weighted by Crippen LogP contribution is -2.61. The largest absolute Gasteiger partial charge is 0.370 e. The van der Waals surface area contributed by atoms with Crippen LogP contribution in [0.1, 0.15) is 109 Å². The second-order valence-corrected chi connectivity index (χ2v) is 25.1. The Bertz CT molecular complexity index is 3380. The van der Waals surface area contributed by atoms with Crippen molar-refractivity contribution in [1.82, 2.24) is 73.7 Å². The number of guanidine groups is 1. The van der Waals surface area contributed by atoms with Crippen LogP contribution in [-0.2, 0) is 86.4 Å². The van der Waals surface area contributed by atoms with E-state index in [1.165, 1.54) is 24.2 Å². The van der Waals surface area contributed by atoms with Gasteiger partial charge in [-0.1, -0.05) is 80.9 Å². The molecule has 2 unspecified atom stereocenters. The SMILES string of the molecule is CC[C@H](NC(C)=O)C(=O)N[C@@H](Cc1ccc(Cl)cc1)C(=O)N[C@@H](Cc1cccnc1)C(=O)N[C@H]1CC(=O)NCC(C(N)=O)NC(=O)[C@@H]2CCCN2C(=O)C2CCNC(=O)[C@H](Cc3ccccc3)NC(=O)CC[C@H](NC1=O)C(=O)N[C@@H](CCCN=C(N)N)C(=O)N[C@H](CC(C)C)C(=O)N2. The fourth-order valence-electron chi connectivity index (χ4n) is 11.3. The van der Waals surface area contributed by atoms with Crippen LogP contribution in [0.15, 0.2) is 84.1 Å². The molecule has 3 fully saturated rings. The molecule has 3 aliphatic heterocycles. The van der Waals surface area contributed by atoms with E-state index in [-0.39, 0.29) is 95.7 Å². The molecule has 2 bridgehead atoms. The topological polar surface area (TPSA) is 490 Å². The Morgan fingerprint density at radius 1 is 0.653 bits per heavy atom. The maximum atomic E-state index is 15.3. The Morgan fingerprint density at radius 2 is 1.31 bits per heavy atom. The van der Waals surface area contributed by atoms with Crippen LogP contribution in [-0.4, -0.2) is 191 Å². The van der Waals surface area contributed by atoms with Crippen LogP contribution in [0.2, 0.25) is 5.02 Å². The van der Waals surface area contributed by atoms with Gasteiger partial charge in [0.2, 0.25) is 82.7 Å². The highest BCUT2D eigenvalue weighted by molar-refractivity contribution is 6.30. The number of fused-ring (bicyclic) bond motifs is 10. The van der Waals surface area contributed by atoms with Gasteiger partial charge in [0, 0.05) is 76.2 Å². The van der Waals surface area contributed by atoms with E-state index in [0.29, 0.717) is 21.7 Å². The second-order valence-electron chi connectivity index (χ2n) is 24.7. The average Bonchev–Trinajstić information content (AvgIpc) is 1.30. The lowest BCUT2D eigenvalue weighted by atomic mass is 10.0. The first-order chi connectivity index (χ1) is 46.7. The van der Waals surface area contributed by atoms with Gasteiger partial charge in [-0.25, -0.2) is 0 Å². The van der Waals surface area contributed by atoms with Gasteiger partial charge in [-0.3, -0.25) is 77.1 Å². The zero-order valence-electron chi connectivity index (χ0n) is 55.1. The van der Waals surface area contributed by atoms with Crippen molar-refractivity contribution >= 4 is 100 Å². The summed E-state index contributed by atoms with van der Waals surface area (Å²) in [5.41, 5.74) is 18.5. The van der Waals surface area contributed by atoms with E-state index in [2.05, 4.69) is 73.8 Å². The molecule has 32 nitrogen and oxygen atoms in total. The minimum atomic E-state index is -2.06. The van der Waals surface area contributed by atoms with Crippen molar-refractivity contribution in [2.24, 2.45) is 28.1 Å². The number of hydrogen-bond acceptors (Lipinski definition) is 16. The van der Waals surface area contributed by atoms with Gasteiger partial charge < -0.3 is 85.9 Å². The van der Waals surface area contributed by atoms with E-state index in [0.717, 1.165) is 0 Å². The summed E-state index contributed by atoms with van der Waals surface area (Å²) < 4.78 is 0. The first kappa shape index (κ1) is 76.7. The summed E-state index contributed by atoms with van der Waals surface area (Å²) in [4.78, 5) is 210. The fraction of sp³-hybridized carbons (Fsp3) is 0.508. The van der Waals surface area contributed by atoms with Crippen molar-refractivity contribution in [3.63, 3.8) is 0 Å². The number of nitrogens with zero attached hydrogens (tertiary/aromatic N) is 3. The Morgan fingerprint density at radius 3 is 1.96 bits per heavy atom. The van der Waals surface area contributed by atoms with Crippen LogP contribution in [0.5, 0.6) is 0 Å². The normalized spacial score (nSPS) is 22.8. The monoisotopic (exact) mass is 1380 g/mol. The molecule has 1 aromatic heterocycles. The van der Waals surface area contributed by atoms with Gasteiger partial charge in [0.1, 0.15) is 66.5 Å². The number of aromatic nitrogens is 1. The summed E-state index contributed by atoms with van der Waals surface area (Å²) in [5, 5.41) is 31.7. The number of halogens is 1. The number of carbonyl (C=O) groups is 14. The maximum Gasteiger partial charge on any atom is 0.245 e. The van der Waals surface area contributed by atoms with E-state index < -0.39 is 175 Å². The zero-order chi connectivity index (χ0) is 71.6. The number of primary amides is 1. The molecule has 530 valence electrons. The number of pyridine rings is 1. The van der Waals surface area contributed by atoms with Crippen LogP contribution in [0.25, 0.3) is 0 Å². The van der Waals surface area contributed by atoms with Gasteiger partial charge in [0.05, 0.1) is 6.42 Å². The molecule has 3 aromatic rings. The van der Waals surface area contributed by atoms with Crippen molar-refractivity contribution < 1.29 is 67.1 Å². The number of nitrogens with one attached hydrogen (secondary N) is 12. The Balaban J connectivity index is 1.49. The van der Waals surface area contributed by atoms with E-state index in [9.17, 15) is 52.7 Å². The average molecular weight is 1380 g/mol. The molecule has 98 heavy (non-hydrogen) atoms. The van der Waals surface area contributed by atoms with Gasteiger partial charge >= 0.3 is 0 Å². The van der Waals surface area contributed by atoms with Gasteiger partial charge in [-0.2, -0.15) is 0 Å². The molecule has 11 atom stereocenters. The van der Waals surface area contributed by atoms with Gasteiger partial charge in [-0.15, -0.1) is 0 Å². The molecule has 18 N–H and O–H groups in total. The van der Waals surface area contributed by atoms with Crippen LogP contribution in [0, 0.1) is 5.92 Å². The first-order valence-electron chi connectivity index (χ1n) is 32.5. The summed E-state index contributed by atoms with van der Waals surface area (Å²) in [6.07, 6.45) is -0.113. The molecule has 0 aliphatic carbocycles. The zero-order valence-corrected chi connectivity index (χ0v) is 55.9. The Hall–Kier alpha value is -10.3. The minimum absolute atomic E-state index is 0.0306. The quantitative estimate of drug-likeness (QED) is 0.0212. The molecule has 0 saturated carbocycles. The number of carbonyl (C=O) groups excluding carboxylic acids is 14. The van der Waals surface area contributed by atoms with Gasteiger partial charge in [-0.05, 0) is 92.2 Å². The van der Waals surface area contributed by atoms with Crippen molar-refractivity contribution in [3.05, 3.63) is 101 Å². The summed E-state index contributed by atoms with van der Waals surface area (Å²) >= 11 is 6.18. The van der Waals surface area contributed by atoms with Crippen molar-refractivity contribution in [2.75, 3.05) is 26.2 Å². The fourth-order valence-corrected chi connectivity index (χ4v) is 11.4. The maximum absolute atomic E-state index is 15.3.